The Morgan fingerprint density at radius 1 is 1.00 bits per heavy atom. The van der Waals surface area contributed by atoms with Crippen LogP contribution in [0.3, 0.4) is 0 Å². The maximum atomic E-state index is 12.8. The number of carbonyl (C=O) groups excluding carboxylic acids is 2. The number of carbonyl (C=O) groups is 2. The van der Waals surface area contributed by atoms with E-state index in [9.17, 15) is 19.7 Å². The van der Waals surface area contributed by atoms with E-state index >= 15 is 0 Å². The molecule has 2 amide bonds. The number of benzene rings is 2. The highest BCUT2D eigenvalue weighted by Gasteiger charge is 2.41. The molecule has 0 spiro atoms. The van der Waals surface area contributed by atoms with E-state index in [0.29, 0.717) is 32.8 Å². The Hall–Kier alpha value is -3.46. The standard InChI is InChI=1S/C21H22N4O5/c1-2-30-18-9-4-3-7-16(18)23-12-10-22(11-13-23)14-24-20(26)15-6-5-8-17(25(28)29)19(15)21(24)27/h3-9H,2,10-14H2,1H3. The quantitative estimate of drug-likeness (QED) is 0.410. The lowest BCUT2D eigenvalue weighted by atomic mass is 10.1. The molecule has 2 aromatic carbocycles. The zero-order chi connectivity index (χ0) is 21.3. The number of imide groups is 1. The number of para-hydroxylation sites is 2. The molecular weight excluding hydrogens is 388 g/mol. The van der Waals surface area contributed by atoms with Crippen molar-refractivity contribution < 1.29 is 19.2 Å². The molecule has 1 saturated heterocycles. The minimum Gasteiger partial charge on any atom is -0.492 e. The predicted octanol–water partition coefficient (Wildman–Crippen LogP) is 2.37. The number of ether oxygens (including phenoxy) is 1. The Bertz CT molecular complexity index is 1000. The van der Waals surface area contributed by atoms with Crippen molar-refractivity contribution in [2.24, 2.45) is 0 Å². The normalized spacial score (nSPS) is 16.7. The van der Waals surface area contributed by atoms with Crippen molar-refractivity contribution in [3.8, 4) is 5.75 Å². The second-order valence-corrected chi connectivity index (χ2v) is 7.14. The molecule has 0 atom stereocenters. The molecule has 0 aromatic heterocycles. The molecule has 30 heavy (non-hydrogen) atoms. The predicted molar refractivity (Wildman–Crippen MR) is 110 cm³/mol. The summed E-state index contributed by atoms with van der Waals surface area (Å²) >= 11 is 0. The van der Waals surface area contributed by atoms with Gasteiger partial charge in [0.2, 0.25) is 0 Å². The third-order valence-corrected chi connectivity index (χ3v) is 5.39. The summed E-state index contributed by atoms with van der Waals surface area (Å²) in [4.78, 5) is 41.4. The molecule has 1 fully saturated rings. The molecule has 0 radical (unpaired) electrons. The van der Waals surface area contributed by atoms with Crippen molar-refractivity contribution in [1.82, 2.24) is 9.80 Å². The van der Waals surface area contributed by atoms with Gasteiger partial charge in [-0.25, -0.2) is 0 Å². The van der Waals surface area contributed by atoms with Crippen molar-refractivity contribution in [3.63, 3.8) is 0 Å². The molecule has 2 aliphatic rings. The van der Waals surface area contributed by atoms with Crippen LogP contribution in [0.1, 0.15) is 27.6 Å². The van der Waals surface area contributed by atoms with Crippen LogP contribution in [0, 0.1) is 10.1 Å². The van der Waals surface area contributed by atoms with E-state index < -0.39 is 16.7 Å². The molecule has 2 heterocycles. The smallest absolute Gasteiger partial charge is 0.282 e. The maximum absolute atomic E-state index is 12.8. The van der Waals surface area contributed by atoms with Crippen LogP contribution in [0.5, 0.6) is 5.75 Å². The first-order valence-corrected chi connectivity index (χ1v) is 9.84. The van der Waals surface area contributed by atoms with Gasteiger partial charge in [0.05, 0.1) is 29.4 Å². The van der Waals surface area contributed by atoms with Gasteiger partial charge >= 0.3 is 0 Å². The molecule has 0 N–H and O–H groups in total. The monoisotopic (exact) mass is 410 g/mol. The van der Waals surface area contributed by atoms with Gasteiger partial charge in [0, 0.05) is 32.2 Å². The number of amides is 2. The van der Waals surface area contributed by atoms with Crippen LogP contribution >= 0.6 is 0 Å². The summed E-state index contributed by atoms with van der Waals surface area (Å²) in [6.07, 6.45) is 0. The van der Waals surface area contributed by atoms with Gasteiger partial charge in [-0.2, -0.15) is 0 Å². The van der Waals surface area contributed by atoms with Crippen LogP contribution in [0.2, 0.25) is 0 Å². The molecule has 0 aliphatic carbocycles. The summed E-state index contributed by atoms with van der Waals surface area (Å²) in [5.41, 5.74) is 0.677. The van der Waals surface area contributed by atoms with E-state index in [0.717, 1.165) is 16.3 Å². The third kappa shape index (κ3) is 3.48. The number of hydrogen-bond acceptors (Lipinski definition) is 7. The summed E-state index contributed by atoms with van der Waals surface area (Å²) in [7, 11) is 0. The first-order valence-electron chi connectivity index (χ1n) is 9.84. The lowest BCUT2D eigenvalue weighted by molar-refractivity contribution is -0.385. The topological polar surface area (TPSA) is 96.2 Å². The number of nitro benzene ring substituents is 1. The molecule has 0 bridgehead atoms. The SMILES string of the molecule is CCOc1ccccc1N1CCN(CN2C(=O)c3cccc([N+](=O)[O-])c3C2=O)CC1. The highest BCUT2D eigenvalue weighted by molar-refractivity contribution is 6.23. The molecular formula is C21H22N4O5. The van der Waals surface area contributed by atoms with E-state index in [-0.39, 0.29) is 23.5 Å². The molecule has 156 valence electrons. The highest BCUT2D eigenvalue weighted by atomic mass is 16.6. The van der Waals surface area contributed by atoms with Crippen molar-refractivity contribution >= 4 is 23.2 Å². The van der Waals surface area contributed by atoms with Crippen LogP contribution in [-0.4, -0.2) is 66.0 Å². The molecule has 9 nitrogen and oxygen atoms in total. The molecule has 4 rings (SSSR count). The van der Waals surface area contributed by atoms with Crippen LogP contribution < -0.4 is 9.64 Å². The lowest BCUT2D eigenvalue weighted by Crippen LogP contribution is -2.51. The van der Waals surface area contributed by atoms with Crippen LogP contribution in [0.4, 0.5) is 11.4 Å². The number of hydrogen-bond donors (Lipinski definition) is 0. The number of anilines is 1. The van der Waals surface area contributed by atoms with Gasteiger partial charge in [0.25, 0.3) is 17.5 Å². The van der Waals surface area contributed by atoms with Gasteiger partial charge in [0.15, 0.2) is 0 Å². The number of rotatable bonds is 6. The fraction of sp³-hybridized carbons (Fsp3) is 0.333. The first kappa shape index (κ1) is 19.8. The van der Waals surface area contributed by atoms with E-state index in [4.69, 9.17) is 4.74 Å². The molecule has 0 saturated carbocycles. The Morgan fingerprint density at radius 3 is 2.43 bits per heavy atom. The molecule has 9 heteroatoms. The Labute approximate surface area is 173 Å². The second-order valence-electron chi connectivity index (χ2n) is 7.14. The Morgan fingerprint density at radius 2 is 1.73 bits per heavy atom. The fourth-order valence-corrected chi connectivity index (χ4v) is 3.92. The average molecular weight is 410 g/mol. The number of nitrogens with zero attached hydrogens (tertiary/aromatic N) is 4. The van der Waals surface area contributed by atoms with Gasteiger partial charge in [-0.3, -0.25) is 29.5 Å². The first-order chi connectivity index (χ1) is 14.5. The minimum absolute atomic E-state index is 0.0958. The third-order valence-electron chi connectivity index (χ3n) is 5.39. The lowest BCUT2D eigenvalue weighted by Gasteiger charge is -2.37. The number of fused-ring (bicyclic) bond motifs is 1. The highest BCUT2D eigenvalue weighted by Crippen LogP contribution is 2.32. The van der Waals surface area contributed by atoms with Crippen molar-refractivity contribution in [2.45, 2.75) is 6.92 Å². The largest absolute Gasteiger partial charge is 0.492 e. The molecule has 2 aromatic rings. The van der Waals surface area contributed by atoms with Gasteiger partial charge < -0.3 is 9.64 Å². The Kier molecular flexibility index (Phi) is 5.37. The van der Waals surface area contributed by atoms with Gasteiger partial charge in [-0.1, -0.05) is 18.2 Å². The molecule has 2 aliphatic heterocycles. The average Bonchev–Trinajstić information content (AvgIpc) is 3.00. The van der Waals surface area contributed by atoms with E-state index in [1.54, 1.807) is 0 Å². The summed E-state index contributed by atoms with van der Waals surface area (Å²) in [6, 6.07) is 12.0. The summed E-state index contributed by atoms with van der Waals surface area (Å²) in [5, 5.41) is 11.3. The van der Waals surface area contributed by atoms with Crippen LogP contribution in [0.15, 0.2) is 42.5 Å². The van der Waals surface area contributed by atoms with E-state index in [1.165, 1.54) is 18.2 Å². The van der Waals surface area contributed by atoms with Gasteiger partial charge in [0.1, 0.15) is 11.3 Å². The zero-order valence-corrected chi connectivity index (χ0v) is 16.6. The van der Waals surface area contributed by atoms with Gasteiger partial charge in [-0.05, 0) is 25.1 Å². The van der Waals surface area contributed by atoms with Crippen molar-refractivity contribution in [2.75, 3.05) is 44.4 Å². The Balaban J connectivity index is 1.44. The zero-order valence-electron chi connectivity index (χ0n) is 16.6. The summed E-state index contributed by atoms with van der Waals surface area (Å²) in [6.45, 7) is 5.38. The maximum Gasteiger partial charge on any atom is 0.282 e. The number of piperazine rings is 1. The fourth-order valence-electron chi connectivity index (χ4n) is 3.92. The summed E-state index contributed by atoms with van der Waals surface area (Å²) < 4.78 is 5.71. The van der Waals surface area contributed by atoms with E-state index in [2.05, 4.69) is 4.90 Å². The van der Waals surface area contributed by atoms with Gasteiger partial charge in [-0.15, -0.1) is 0 Å². The minimum atomic E-state index is -0.623. The van der Waals surface area contributed by atoms with E-state index in [1.807, 2.05) is 36.1 Å². The summed E-state index contributed by atoms with van der Waals surface area (Å²) in [5.74, 6) is -0.254. The second kappa shape index (κ2) is 8.11. The van der Waals surface area contributed by atoms with Crippen LogP contribution in [0.25, 0.3) is 0 Å². The molecule has 0 unspecified atom stereocenters. The van der Waals surface area contributed by atoms with Crippen molar-refractivity contribution in [1.29, 1.82) is 0 Å². The van der Waals surface area contributed by atoms with Crippen LogP contribution in [-0.2, 0) is 0 Å². The number of nitro groups is 1. The van der Waals surface area contributed by atoms with Crippen molar-refractivity contribution in [3.05, 3.63) is 63.7 Å².